The monoisotopic (exact) mass is 206 g/mol. The van der Waals surface area contributed by atoms with Gasteiger partial charge in [0.15, 0.2) is 0 Å². The van der Waals surface area contributed by atoms with Crippen LogP contribution in [0.2, 0.25) is 0 Å². The zero-order chi connectivity index (χ0) is 11.1. The smallest absolute Gasteiger partial charge is 0.0449 e. The van der Waals surface area contributed by atoms with Gasteiger partial charge in [-0.05, 0) is 38.4 Å². The van der Waals surface area contributed by atoms with Crippen molar-refractivity contribution in [2.24, 2.45) is 0 Å². The Hall–Kier alpha value is -0.890. The lowest BCUT2D eigenvalue weighted by molar-refractivity contribution is 0.443. The summed E-state index contributed by atoms with van der Waals surface area (Å²) in [5.41, 5.74) is 1.20. The lowest BCUT2D eigenvalue weighted by Gasteiger charge is -2.23. The van der Waals surface area contributed by atoms with Gasteiger partial charge in [-0.15, -0.1) is 0 Å². The SMILES string of the molecule is CCCNC(C)C(CC)c1ccccn1. The van der Waals surface area contributed by atoms with Gasteiger partial charge in [-0.25, -0.2) is 0 Å². The molecule has 0 saturated carbocycles. The van der Waals surface area contributed by atoms with Gasteiger partial charge in [-0.1, -0.05) is 19.9 Å². The van der Waals surface area contributed by atoms with Crippen molar-refractivity contribution in [2.45, 2.75) is 45.6 Å². The number of nitrogens with zero attached hydrogens (tertiary/aromatic N) is 1. The Morgan fingerprint density at radius 1 is 1.33 bits per heavy atom. The highest BCUT2D eigenvalue weighted by atomic mass is 14.9. The van der Waals surface area contributed by atoms with Crippen LogP contribution in [0.5, 0.6) is 0 Å². The van der Waals surface area contributed by atoms with E-state index in [1.807, 2.05) is 12.3 Å². The molecule has 15 heavy (non-hydrogen) atoms. The number of hydrogen-bond acceptors (Lipinski definition) is 2. The summed E-state index contributed by atoms with van der Waals surface area (Å²) < 4.78 is 0. The maximum absolute atomic E-state index is 4.44. The quantitative estimate of drug-likeness (QED) is 0.774. The Balaban J connectivity index is 2.63. The molecular formula is C13H22N2. The summed E-state index contributed by atoms with van der Waals surface area (Å²) >= 11 is 0. The van der Waals surface area contributed by atoms with Crippen LogP contribution in [-0.2, 0) is 0 Å². The minimum absolute atomic E-state index is 0.504. The fourth-order valence-electron chi connectivity index (χ4n) is 1.93. The van der Waals surface area contributed by atoms with Crippen LogP contribution in [-0.4, -0.2) is 17.6 Å². The first-order valence-corrected chi connectivity index (χ1v) is 5.93. The van der Waals surface area contributed by atoms with E-state index in [4.69, 9.17) is 0 Å². The summed E-state index contributed by atoms with van der Waals surface area (Å²) in [6, 6.07) is 6.67. The fourth-order valence-corrected chi connectivity index (χ4v) is 1.93. The third kappa shape index (κ3) is 3.63. The Labute approximate surface area is 93.1 Å². The van der Waals surface area contributed by atoms with Crippen molar-refractivity contribution >= 4 is 0 Å². The number of nitrogens with one attached hydrogen (secondary N) is 1. The van der Waals surface area contributed by atoms with Crippen LogP contribution in [0.3, 0.4) is 0 Å². The number of rotatable bonds is 6. The van der Waals surface area contributed by atoms with Crippen molar-refractivity contribution in [3.8, 4) is 0 Å². The number of hydrogen-bond donors (Lipinski definition) is 1. The molecule has 0 aromatic carbocycles. The molecule has 0 fully saturated rings. The van der Waals surface area contributed by atoms with Crippen molar-refractivity contribution < 1.29 is 0 Å². The highest BCUT2D eigenvalue weighted by Crippen LogP contribution is 2.20. The molecule has 1 N–H and O–H groups in total. The van der Waals surface area contributed by atoms with Gasteiger partial charge in [0.25, 0.3) is 0 Å². The lowest BCUT2D eigenvalue weighted by Crippen LogP contribution is -2.32. The lowest BCUT2D eigenvalue weighted by atomic mass is 9.94. The Morgan fingerprint density at radius 3 is 2.67 bits per heavy atom. The summed E-state index contributed by atoms with van der Waals surface area (Å²) in [5.74, 6) is 0.526. The molecule has 2 atom stereocenters. The maximum atomic E-state index is 4.44. The van der Waals surface area contributed by atoms with Gasteiger partial charge in [0.05, 0.1) is 0 Å². The first kappa shape index (κ1) is 12.2. The molecule has 0 spiro atoms. The summed E-state index contributed by atoms with van der Waals surface area (Å²) in [6.07, 6.45) is 4.20. The van der Waals surface area contributed by atoms with Crippen LogP contribution in [0, 0.1) is 0 Å². The molecule has 0 saturated heterocycles. The standard InChI is InChI=1S/C13H22N2/c1-4-9-14-11(3)12(5-2)13-8-6-7-10-15-13/h6-8,10-12,14H,4-5,9H2,1-3H3. The first-order valence-electron chi connectivity index (χ1n) is 5.93. The Kier molecular flexibility index (Phi) is 5.33. The third-order valence-electron chi connectivity index (χ3n) is 2.83. The van der Waals surface area contributed by atoms with E-state index in [9.17, 15) is 0 Å². The second-order valence-corrected chi connectivity index (χ2v) is 4.01. The largest absolute Gasteiger partial charge is 0.314 e. The highest BCUT2D eigenvalue weighted by Gasteiger charge is 2.17. The minimum Gasteiger partial charge on any atom is -0.314 e. The van der Waals surface area contributed by atoms with Crippen molar-refractivity contribution in [1.29, 1.82) is 0 Å². The van der Waals surface area contributed by atoms with Crippen LogP contribution < -0.4 is 5.32 Å². The topological polar surface area (TPSA) is 24.9 Å². The molecule has 1 heterocycles. The second kappa shape index (κ2) is 6.57. The Bertz CT molecular complexity index is 258. The van der Waals surface area contributed by atoms with Crippen LogP contribution >= 0.6 is 0 Å². The van der Waals surface area contributed by atoms with Crippen molar-refractivity contribution in [3.05, 3.63) is 30.1 Å². The summed E-state index contributed by atoms with van der Waals surface area (Å²) in [4.78, 5) is 4.44. The first-order chi connectivity index (χ1) is 7.29. The van der Waals surface area contributed by atoms with E-state index in [1.165, 1.54) is 12.1 Å². The minimum atomic E-state index is 0.504. The average Bonchev–Trinajstić information content (AvgIpc) is 2.29. The molecule has 1 aromatic rings. The molecule has 2 nitrogen and oxygen atoms in total. The molecule has 84 valence electrons. The van der Waals surface area contributed by atoms with Gasteiger partial charge in [-0.2, -0.15) is 0 Å². The van der Waals surface area contributed by atoms with Crippen LogP contribution in [0.15, 0.2) is 24.4 Å². The van der Waals surface area contributed by atoms with E-state index in [-0.39, 0.29) is 0 Å². The Morgan fingerprint density at radius 2 is 2.13 bits per heavy atom. The molecule has 0 aliphatic rings. The number of pyridine rings is 1. The van der Waals surface area contributed by atoms with E-state index in [0.717, 1.165) is 13.0 Å². The van der Waals surface area contributed by atoms with Gasteiger partial charge in [0.2, 0.25) is 0 Å². The predicted molar refractivity (Wildman–Crippen MR) is 65.0 cm³/mol. The van der Waals surface area contributed by atoms with E-state index >= 15 is 0 Å². The molecule has 1 aromatic heterocycles. The van der Waals surface area contributed by atoms with E-state index in [2.05, 4.69) is 43.2 Å². The molecule has 0 amide bonds. The van der Waals surface area contributed by atoms with E-state index in [0.29, 0.717) is 12.0 Å². The van der Waals surface area contributed by atoms with Crippen molar-refractivity contribution in [3.63, 3.8) is 0 Å². The average molecular weight is 206 g/mol. The van der Waals surface area contributed by atoms with E-state index < -0.39 is 0 Å². The molecule has 2 heteroatoms. The zero-order valence-electron chi connectivity index (χ0n) is 10.0. The van der Waals surface area contributed by atoms with Crippen LogP contribution in [0.25, 0.3) is 0 Å². The summed E-state index contributed by atoms with van der Waals surface area (Å²) in [7, 11) is 0. The molecule has 2 unspecified atom stereocenters. The molecule has 0 radical (unpaired) electrons. The second-order valence-electron chi connectivity index (χ2n) is 4.01. The molecule has 1 rings (SSSR count). The molecule has 0 bridgehead atoms. The predicted octanol–water partition coefficient (Wildman–Crippen LogP) is 2.96. The fraction of sp³-hybridized carbons (Fsp3) is 0.615. The van der Waals surface area contributed by atoms with Crippen LogP contribution in [0.1, 0.15) is 45.2 Å². The highest BCUT2D eigenvalue weighted by molar-refractivity contribution is 5.11. The summed E-state index contributed by atoms with van der Waals surface area (Å²) in [6.45, 7) is 7.76. The summed E-state index contributed by atoms with van der Waals surface area (Å²) in [5, 5.41) is 3.54. The van der Waals surface area contributed by atoms with Gasteiger partial charge < -0.3 is 5.32 Å². The number of aromatic nitrogens is 1. The molecular weight excluding hydrogens is 184 g/mol. The van der Waals surface area contributed by atoms with Gasteiger partial charge in [0.1, 0.15) is 0 Å². The third-order valence-corrected chi connectivity index (χ3v) is 2.83. The van der Waals surface area contributed by atoms with Crippen molar-refractivity contribution in [1.82, 2.24) is 10.3 Å². The van der Waals surface area contributed by atoms with E-state index in [1.54, 1.807) is 0 Å². The van der Waals surface area contributed by atoms with Gasteiger partial charge in [0, 0.05) is 23.9 Å². The van der Waals surface area contributed by atoms with Crippen LogP contribution in [0.4, 0.5) is 0 Å². The zero-order valence-corrected chi connectivity index (χ0v) is 10.0. The van der Waals surface area contributed by atoms with Gasteiger partial charge in [-0.3, -0.25) is 4.98 Å². The molecule has 0 aliphatic carbocycles. The normalized spacial score (nSPS) is 14.9. The maximum Gasteiger partial charge on any atom is 0.0449 e. The molecule has 0 aliphatic heterocycles. The van der Waals surface area contributed by atoms with Gasteiger partial charge >= 0.3 is 0 Å². The van der Waals surface area contributed by atoms with Crippen molar-refractivity contribution in [2.75, 3.05) is 6.54 Å².